The molecule has 0 aromatic carbocycles. The van der Waals surface area contributed by atoms with Gasteiger partial charge in [-0.2, -0.15) is 0 Å². The van der Waals surface area contributed by atoms with Crippen molar-refractivity contribution in [2.24, 2.45) is 0 Å². The highest BCUT2D eigenvalue weighted by atomic mass is 35.5. The molecule has 1 nitrogen and oxygen atoms in total. The van der Waals surface area contributed by atoms with Crippen LogP contribution in [0.1, 0.15) is 32.6 Å². The number of hydrogen-bond acceptors (Lipinski definition) is 1. The number of ketones is 1. The summed E-state index contributed by atoms with van der Waals surface area (Å²) in [6.45, 7) is 2.13. The van der Waals surface area contributed by atoms with Gasteiger partial charge in [0, 0.05) is 5.03 Å². The molecular weight excluding hydrogens is 195 g/mol. The van der Waals surface area contributed by atoms with E-state index in [4.69, 9.17) is 23.2 Å². The van der Waals surface area contributed by atoms with Gasteiger partial charge < -0.3 is 0 Å². The van der Waals surface area contributed by atoms with Crippen LogP contribution < -0.4 is 0 Å². The van der Waals surface area contributed by atoms with E-state index >= 15 is 0 Å². The Morgan fingerprint density at radius 3 is 2.58 bits per heavy atom. The number of hydrogen-bond donors (Lipinski definition) is 0. The number of carbonyl (C=O) groups is 1. The first-order valence-corrected chi connectivity index (χ1v) is 5.06. The van der Waals surface area contributed by atoms with Crippen molar-refractivity contribution >= 4 is 29.0 Å². The zero-order chi connectivity index (χ0) is 9.40. The van der Waals surface area contributed by atoms with Gasteiger partial charge in [0.05, 0.1) is 5.88 Å². The van der Waals surface area contributed by atoms with Crippen LogP contribution >= 0.6 is 23.2 Å². The minimum Gasteiger partial charge on any atom is -0.293 e. The molecule has 0 radical (unpaired) electrons. The zero-order valence-corrected chi connectivity index (χ0v) is 8.79. The molecule has 0 heterocycles. The highest BCUT2D eigenvalue weighted by Gasteiger charge is 1.97. The molecule has 3 heteroatoms. The molecule has 0 fully saturated rings. The van der Waals surface area contributed by atoms with Gasteiger partial charge in [-0.05, 0) is 18.9 Å². The molecule has 0 bridgehead atoms. The van der Waals surface area contributed by atoms with Crippen LogP contribution in [0.5, 0.6) is 0 Å². The quantitative estimate of drug-likeness (QED) is 0.371. The number of allylic oxidation sites excluding steroid dienone is 2. The van der Waals surface area contributed by atoms with E-state index in [1.807, 2.05) is 0 Å². The van der Waals surface area contributed by atoms with Crippen LogP contribution in [0.4, 0.5) is 0 Å². The van der Waals surface area contributed by atoms with Crippen LogP contribution in [0, 0.1) is 0 Å². The zero-order valence-electron chi connectivity index (χ0n) is 7.28. The maximum absolute atomic E-state index is 10.8. The molecule has 12 heavy (non-hydrogen) atoms. The smallest absolute Gasteiger partial charge is 0.171 e. The van der Waals surface area contributed by atoms with Crippen molar-refractivity contribution in [1.82, 2.24) is 0 Å². The second-order valence-corrected chi connectivity index (χ2v) is 3.40. The van der Waals surface area contributed by atoms with Crippen LogP contribution in [0.3, 0.4) is 0 Å². The standard InChI is InChI=1S/C9H14Cl2O/c1-2-3-4-5-8(11)6-9(12)7-10/h6H,2-5,7H2,1H3/b8-6-. The summed E-state index contributed by atoms with van der Waals surface area (Å²) in [6, 6.07) is 0. The lowest BCUT2D eigenvalue weighted by atomic mass is 10.2. The molecule has 0 spiro atoms. The van der Waals surface area contributed by atoms with E-state index in [9.17, 15) is 4.79 Å². The third-order valence-corrected chi connectivity index (χ3v) is 2.03. The predicted octanol–water partition coefficient (Wildman–Crippen LogP) is 3.50. The molecule has 0 atom stereocenters. The minimum atomic E-state index is -0.113. The fourth-order valence-electron chi connectivity index (χ4n) is 0.829. The van der Waals surface area contributed by atoms with E-state index in [-0.39, 0.29) is 11.7 Å². The second-order valence-electron chi connectivity index (χ2n) is 2.65. The highest BCUT2D eigenvalue weighted by molar-refractivity contribution is 6.34. The Bertz CT molecular complexity index is 164. The van der Waals surface area contributed by atoms with E-state index in [0.29, 0.717) is 5.03 Å². The van der Waals surface area contributed by atoms with E-state index in [2.05, 4.69) is 6.92 Å². The van der Waals surface area contributed by atoms with E-state index in [0.717, 1.165) is 25.7 Å². The van der Waals surface area contributed by atoms with Crippen molar-refractivity contribution < 1.29 is 4.79 Å². The van der Waals surface area contributed by atoms with Crippen LogP contribution in [0.2, 0.25) is 0 Å². The lowest BCUT2D eigenvalue weighted by Crippen LogP contribution is -1.93. The molecule has 0 saturated heterocycles. The average Bonchev–Trinajstić information content (AvgIpc) is 2.05. The number of carbonyl (C=O) groups excluding carboxylic acids is 1. The predicted molar refractivity (Wildman–Crippen MR) is 53.8 cm³/mol. The van der Waals surface area contributed by atoms with Crippen LogP contribution in [0.25, 0.3) is 0 Å². The third-order valence-electron chi connectivity index (χ3n) is 1.47. The molecule has 0 N–H and O–H groups in total. The Kier molecular flexibility index (Phi) is 7.62. The Hall–Kier alpha value is -0.0100. The Morgan fingerprint density at radius 1 is 1.42 bits per heavy atom. The van der Waals surface area contributed by atoms with E-state index in [1.54, 1.807) is 0 Å². The molecule has 0 aliphatic carbocycles. The molecule has 70 valence electrons. The number of unbranched alkanes of at least 4 members (excludes halogenated alkanes) is 2. The average molecular weight is 209 g/mol. The topological polar surface area (TPSA) is 17.1 Å². The van der Waals surface area contributed by atoms with Gasteiger partial charge in [-0.3, -0.25) is 4.79 Å². The van der Waals surface area contributed by atoms with Crippen LogP contribution in [-0.4, -0.2) is 11.7 Å². The molecule has 0 rings (SSSR count). The number of halogens is 2. The molecular formula is C9H14Cl2O. The monoisotopic (exact) mass is 208 g/mol. The molecule has 0 amide bonds. The van der Waals surface area contributed by atoms with E-state index < -0.39 is 0 Å². The molecule has 0 unspecified atom stereocenters. The van der Waals surface area contributed by atoms with Gasteiger partial charge in [-0.1, -0.05) is 31.4 Å². The highest BCUT2D eigenvalue weighted by Crippen LogP contribution is 2.12. The first-order valence-electron chi connectivity index (χ1n) is 4.15. The van der Waals surface area contributed by atoms with Crippen molar-refractivity contribution in [3.05, 3.63) is 11.1 Å². The summed E-state index contributed by atoms with van der Waals surface area (Å²) in [4.78, 5) is 10.8. The normalized spacial score (nSPS) is 11.8. The third kappa shape index (κ3) is 6.68. The first kappa shape index (κ1) is 12.0. The van der Waals surface area contributed by atoms with Gasteiger partial charge in [0.25, 0.3) is 0 Å². The van der Waals surface area contributed by atoms with Crippen LogP contribution in [-0.2, 0) is 4.79 Å². The molecule has 0 saturated carbocycles. The summed E-state index contributed by atoms with van der Waals surface area (Å²) in [5.41, 5.74) is 0. The summed E-state index contributed by atoms with van der Waals surface area (Å²) in [5.74, 6) is -0.0950. The number of alkyl halides is 1. The maximum atomic E-state index is 10.8. The Balaban J connectivity index is 3.62. The molecule has 0 aromatic rings. The first-order chi connectivity index (χ1) is 5.70. The largest absolute Gasteiger partial charge is 0.293 e. The lowest BCUT2D eigenvalue weighted by molar-refractivity contribution is -0.112. The summed E-state index contributed by atoms with van der Waals surface area (Å²) in [5, 5.41) is 0.620. The summed E-state index contributed by atoms with van der Waals surface area (Å²) in [7, 11) is 0. The van der Waals surface area contributed by atoms with Crippen molar-refractivity contribution in [3.63, 3.8) is 0 Å². The summed E-state index contributed by atoms with van der Waals surface area (Å²) >= 11 is 11.1. The van der Waals surface area contributed by atoms with E-state index in [1.165, 1.54) is 6.08 Å². The van der Waals surface area contributed by atoms with Gasteiger partial charge in [-0.15, -0.1) is 11.6 Å². The van der Waals surface area contributed by atoms with Crippen molar-refractivity contribution in [1.29, 1.82) is 0 Å². The van der Waals surface area contributed by atoms with Crippen molar-refractivity contribution in [3.8, 4) is 0 Å². The number of rotatable bonds is 6. The van der Waals surface area contributed by atoms with Gasteiger partial charge >= 0.3 is 0 Å². The summed E-state index contributed by atoms with van der Waals surface area (Å²) < 4.78 is 0. The van der Waals surface area contributed by atoms with Gasteiger partial charge in [0.2, 0.25) is 0 Å². The minimum absolute atomic E-state index is 0.0179. The molecule has 0 aliphatic heterocycles. The van der Waals surface area contributed by atoms with Gasteiger partial charge in [-0.25, -0.2) is 0 Å². The van der Waals surface area contributed by atoms with Gasteiger partial charge in [0.15, 0.2) is 5.78 Å². The molecule has 0 aromatic heterocycles. The molecule has 0 aliphatic rings. The Labute approximate surface area is 83.7 Å². The fraction of sp³-hybridized carbons (Fsp3) is 0.667. The lowest BCUT2D eigenvalue weighted by Gasteiger charge is -1.96. The Morgan fingerprint density at radius 2 is 2.08 bits per heavy atom. The van der Waals surface area contributed by atoms with Crippen LogP contribution in [0.15, 0.2) is 11.1 Å². The van der Waals surface area contributed by atoms with Crippen molar-refractivity contribution in [2.45, 2.75) is 32.6 Å². The maximum Gasteiger partial charge on any atom is 0.171 e. The SMILES string of the molecule is CCCCC/C(Cl)=C/C(=O)CCl. The second kappa shape index (κ2) is 7.63. The summed E-state index contributed by atoms with van der Waals surface area (Å²) in [6.07, 6.45) is 5.57. The van der Waals surface area contributed by atoms with Gasteiger partial charge in [0.1, 0.15) is 0 Å². The van der Waals surface area contributed by atoms with Crippen molar-refractivity contribution in [2.75, 3.05) is 5.88 Å². The fourth-order valence-corrected chi connectivity index (χ4v) is 1.16.